The third-order valence-corrected chi connectivity index (χ3v) is 4.76. The number of amides is 1. The van der Waals surface area contributed by atoms with E-state index in [1.165, 1.54) is 24.3 Å². The van der Waals surface area contributed by atoms with Gasteiger partial charge in [0, 0.05) is 11.8 Å². The van der Waals surface area contributed by atoms with E-state index >= 15 is 0 Å². The molecule has 7 heteroatoms. The number of hydrogen-bond donors (Lipinski definition) is 2. The van der Waals surface area contributed by atoms with Crippen molar-refractivity contribution in [2.45, 2.75) is 30.7 Å². The van der Waals surface area contributed by atoms with E-state index in [0.29, 0.717) is 12.0 Å². The normalized spacial score (nSPS) is 14.3. The Hall–Kier alpha value is -1.47. The van der Waals surface area contributed by atoms with Crippen LogP contribution in [-0.4, -0.2) is 31.1 Å². The van der Waals surface area contributed by atoms with Crippen LogP contribution in [0.25, 0.3) is 0 Å². The number of thiocarbonyl (C=S) groups is 1. The van der Waals surface area contributed by atoms with Crippen molar-refractivity contribution in [3.05, 3.63) is 29.8 Å². The first kappa shape index (κ1) is 16.6. The van der Waals surface area contributed by atoms with Crippen molar-refractivity contribution < 1.29 is 13.2 Å². The maximum atomic E-state index is 12.1. The van der Waals surface area contributed by atoms with E-state index < -0.39 is 15.4 Å². The summed E-state index contributed by atoms with van der Waals surface area (Å²) in [5.41, 5.74) is 5.22. The van der Waals surface area contributed by atoms with Crippen LogP contribution < -0.4 is 11.1 Å². The van der Waals surface area contributed by atoms with E-state index in [2.05, 4.69) is 5.32 Å². The lowest BCUT2D eigenvalue weighted by atomic mass is 9.98. The number of carbonyl (C=O) groups is 1. The number of benzene rings is 1. The molecule has 3 N–H and O–H groups in total. The van der Waals surface area contributed by atoms with E-state index in [9.17, 15) is 13.2 Å². The molecule has 0 aliphatic carbocycles. The molecule has 1 amide bonds. The van der Waals surface area contributed by atoms with Gasteiger partial charge in [0.2, 0.25) is 0 Å². The van der Waals surface area contributed by atoms with Crippen LogP contribution in [0.1, 0.15) is 30.6 Å². The molecule has 0 radical (unpaired) electrons. The van der Waals surface area contributed by atoms with Gasteiger partial charge in [-0.3, -0.25) is 4.79 Å². The van der Waals surface area contributed by atoms with Gasteiger partial charge in [0.1, 0.15) is 0 Å². The maximum Gasteiger partial charge on any atom is 0.252 e. The molecule has 20 heavy (non-hydrogen) atoms. The van der Waals surface area contributed by atoms with E-state index in [-0.39, 0.29) is 15.8 Å². The Morgan fingerprint density at radius 1 is 1.35 bits per heavy atom. The number of hydrogen-bond acceptors (Lipinski definition) is 4. The maximum absolute atomic E-state index is 12.1. The molecular formula is C13H18N2O3S2. The van der Waals surface area contributed by atoms with Crippen LogP contribution in [0.2, 0.25) is 0 Å². The third kappa shape index (κ3) is 3.77. The molecule has 1 aromatic carbocycles. The van der Waals surface area contributed by atoms with Crippen LogP contribution in [0.4, 0.5) is 0 Å². The second kappa shape index (κ2) is 5.88. The number of nitrogens with two attached hydrogens (primary N) is 1. The fraction of sp³-hybridized carbons (Fsp3) is 0.385. The molecule has 0 saturated carbocycles. The molecule has 1 aromatic rings. The zero-order chi connectivity index (χ0) is 15.6. The highest BCUT2D eigenvalue weighted by molar-refractivity contribution is 7.90. The molecular weight excluding hydrogens is 296 g/mol. The summed E-state index contributed by atoms with van der Waals surface area (Å²) in [7, 11) is -3.27. The highest BCUT2D eigenvalue weighted by Gasteiger charge is 2.28. The molecule has 0 fully saturated rings. The molecule has 0 bridgehead atoms. The smallest absolute Gasteiger partial charge is 0.252 e. The number of carbonyl (C=O) groups excluding carboxylic acids is 1. The van der Waals surface area contributed by atoms with E-state index in [0.717, 1.165) is 6.26 Å². The molecule has 1 unspecified atom stereocenters. The Morgan fingerprint density at radius 3 is 2.20 bits per heavy atom. The summed E-state index contributed by atoms with van der Waals surface area (Å²) in [4.78, 5) is 12.5. The van der Waals surface area contributed by atoms with Gasteiger partial charge in [-0.15, -0.1) is 0 Å². The number of rotatable bonds is 5. The minimum absolute atomic E-state index is 0.168. The van der Waals surface area contributed by atoms with Crippen molar-refractivity contribution in [3.8, 4) is 0 Å². The largest absolute Gasteiger partial charge is 0.391 e. The van der Waals surface area contributed by atoms with Gasteiger partial charge in [-0.05, 0) is 37.6 Å². The summed E-state index contributed by atoms with van der Waals surface area (Å²) >= 11 is 4.95. The summed E-state index contributed by atoms with van der Waals surface area (Å²) < 4.78 is 22.7. The first-order chi connectivity index (χ1) is 9.10. The van der Waals surface area contributed by atoms with Crippen LogP contribution in [0.5, 0.6) is 0 Å². The molecule has 0 heterocycles. The van der Waals surface area contributed by atoms with E-state index in [1.54, 1.807) is 6.92 Å². The fourth-order valence-electron chi connectivity index (χ4n) is 1.50. The standard InChI is InChI=1S/C13H18N2O3S2/c1-4-13(2,12(14)19)15-11(16)9-5-7-10(8-6-9)20(3,17)18/h5-8H,4H2,1-3H3,(H2,14,19)(H,15,16). The summed E-state index contributed by atoms with van der Waals surface area (Å²) in [5, 5.41) is 2.76. The van der Waals surface area contributed by atoms with Gasteiger partial charge in [0.05, 0.1) is 15.4 Å². The molecule has 1 rings (SSSR count). The number of sulfone groups is 1. The molecule has 0 aliphatic rings. The highest BCUT2D eigenvalue weighted by Crippen LogP contribution is 2.14. The van der Waals surface area contributed by atoms with Gasteiger partial charge in [-0.25, -0.2) is 8.42 Å². The lowest BCUT2D eigenvalue weighted by Gasteiger charge is -2.28. The second-order valence-electron chi connectivity index (χ2n) is 4.80. The van der Waals surface area contributed by atoms with Gasteiger partial charge >= 0.3 is 0 Å². The summed E-state index contributed by atoms with van der Waals surface area (Å²) in [6.45, 7) is 3.62. The van der Waals surface area contributed by atoms with Crippen molar-refractivity contribution in [3.63, 3.8) is 0 Å². The lowest BCUT2D eigenvalue weighted by Crippen LogP contribution is -2.54. The Labute approximate surface area is 124 Å². The van der Waals surface area contributed by atoms with Gasteiger partial charge in [-0.1, -0.05) is 19.1 Å². The van der Waals surface area contributed by atoms with Crippen LogP contribution in [0.3, 0.4) is 0 Å². The molecule has 0 aromatic heterocycles. The van der Waals surface area contributed by atoms with E-state index in [1.807, 2.05) is 6.92 Å². The minimum atomic E-state index is -3.27. The first-order valence-electron chi connectivity index (χ1n) is 6.02. The van der Waals surface area contributed by atoms with Crippen LogP contribution in [-0.2, 0) is 9.84 Å². The zero-order valence-electron chi connectivity index (χ0n) is 11.6. The van der Waals surface area contributed by atoms with Crippen molar-refractivity contribution >= 4 is 33.0 Å². The fourth-order valence-corrected chi connectivity index (χ4v) is 2.33. The van der Waals surface area contributed by atoms with Crippen LogP contribution >= 0.6 is 12.2 Å². The Bertz CT molecular complexity index is 624. The van der Waals surface area contributed by atoms with E-state index in [4.69, 9.17) is 18.0 Å². The average molecular weight is 314 g/mol. The van der Waals surface area contributed by atoms with Crippen LogP contribution in [0.15, 0.2) is 29.2 Å². The molecule has 0 spiro atoms. The topological polar surface area (TPSA) is 89.3 Å². The monoisotopic (exact) mass is 314 g/mol. The first-order valence-corrected chi connectivity index (χ1v) is 8.32. The van der Waals surface area contributed by atoms with Crippen molar-refractivity contribution in [2.75, 3.05) is 6.26 Å². The third-order valence-electron chi connectivity index (χ3n) is 3.19. The summed E-state index contributed by atoms with van der Waals surface area (Å²) in [5.74, 6) is -0.345. The minimum Gasteiger partial charge on any atom is -0.391 e. The highest BCUT2D eigenvalue weighted by atomic mass is 32.2. The van der Waals surface area contributed by atoms with Gasteiger partial charge in [0.25, 0.3) is 5.91 Å². The summed E-state index contributed by atoms with van der Waals surface area (Å²) in [6.07, 6.45) is 1.68. The molecule has 1 atom stereocenters. The molecule has 5 nitrogen and oxygen atoms in total. The molecule has 110 valence electrons. The van der Waals surface area contributed by atoms with Crippen molar-refractivity contribution in [1.29, 1.82) is 0 Å². The Kier molecular flexibility index (Phi) is 4.88. The molecule has 0 aliphatic heterocycles. The van der Waals surface area contributed by atoms with Gasteiger partial charge in [-0.2, -0.15) is 0 Å². The average Bonchev–Trinajstić information content (AvgIpc) is 2.37. The second-order valence-corrected chi connectivity index (χ2v) is 7.26. The van der Waals surface area contributed by atoms with Crippen molar-refractivity contribution in [2.24, 2.45) is 5.73 Å². The lowest BCUT2D eigenvalue weighted by molar-refractivity contribution is 0.0926. The zero-order valence-corrected chi connectivity index (χ0v) is 13.3. The van der Waals surface area contributed by atoms with Crippen molar-refractivity contribution in [1.82, 2.24) is 5.32 Å². The SMILES string of the molecule is CCC(C)(NC(=O)c1ccc(S(C)(=O)=O)cc1)C(N)=S. The summed E-state index contributed by atoms with van der Waals surface area (Å²) in [6, 6.07) is 5.71. The number of nitrogens with one attached hydrogen (secondary N) is 1. The van der Waals surface area contributed by atoms with Crippen LogP contribution in [0, 0.1) is 0 Å². The Balaban J connectivity index is 2.97. The Morgan fingerprint density at radius 2 is 1.85 bits per heavy atom. The molecule has 0 saturated heterocycles. The predicted octanol–water partition coefficient (Wildman–Crippen LogP) is 1.27. The predicted molar refractivity (Wildman–Crippen MR) is 82.5 cm³/mol. The van der Waals surface area contributed by atoms with Gasteiger partial charge in [0.15, 0.2) is 9.84 Å². The van der Waals surface area contributed by atoms with Gasteiger partial charge < -0.3 is 11.1 Å². The quantitative estimate of drug-likeness (QED) is 0.799.